The predicted octanol–water partition coefficient (Wildman–Crippen LogP) is 3.43. The summed E-state index contributed by atoms with van der Waals surface area (Å²) < 4.78 is 0. The Hall–Kier alpha value is -0.930. The molecule has 0 aliphatic carbocycles. The van der Waals surface area contributed by atoms with Crippen LogP contribution in [0.15, 0.2) is 40.0 Å². The molecule has 0 bridgehead atoms. The molecule has 0 fully saturated rings. The first-order valence-electron chi connectivity index (χ1n) is 4.01. The van der Waals surface area contributed by atoms with E-state index in [1.807, 2.05) is 12.3 Å². The molecule has 0 unspecified atom stereocenters. The van der Waals surface area contributed by atoms with E-state index in [1.165, 1.54) is 9.75 Å². The third-order valence-corrected chi connectivity index (χ3v) is 3.26. The largest absolute Gasteiger partial charge is 0.286 e. The quantitative estimate of drug-likeness (QED) is 0.684. The van der Waals surface area contributed by atoms with E-state index in [0.717, 1.165) is 6.54 Å². The summed E-state index contributed by atoms with van der Waals surface area (Å²) in [5.41, 5.74) is 0. The lowest BCUT2D eigenvalue weighted by atomic mass is 10.4. The summed E-state index contributed by atoms with van der Waals surface area (Å²) in [5, 5.41) is 4.14. The topological polar surface area (TPSA) is 12.4 Å². The third kappa shape index (κ3) is 2.50. The number of hydrogen-bond donors (Lipinski definition) is 0. The van der Waals surface area contributed by atoms with Crippen molar-refractivity contribution in [3.8, 4) is 0 Å². The van der Waals surface area contributed by atoms with E-state index in [4.69, 9.17) is 0 Å². The Morgan fingerprint density at radius 1 is 1.15 bits per heavy atom. The van der Waals surface area contributed by atoms with Crippen molar-refractivity contribution in [3.63, 3.8) is 0 Å². The summed E-state index contributed by atoms with van der Waals surface area (Å²) >= 11 is 3.46. The van der Waals surface area contributed by atoms with Gasteiger partial charge >= 0.3 is 0 Å². The van der Waals surface area contributed by atoms with E-state index in [9.17, 15) is 0 Å². The van der Waals surface area contributed by atoms with Gasteiger partial charge in [0.05, 0.1) is 6.54 Å². The molecule has 0 radical (unpaired) electrons. The maximum absolute atomic E-state index is 4.35. The van der Waals surface area contributed by atoms with Gasteiger partial charge in [-0.05, 0) is 22.9 Å². The van der Waals surface area contributed by atoms with Crippen molar-refractivity contribution in [1.82, 2.24) is 0 Å². The van der Waals surface area contributed by atoms with Crippen molar-refractivity contribution in [2.75, 3.05) is 0 Å². The van der Waals surface area contributed by atoms with Crippen molar-refractivity contribution in [2.45, 2.75) is 6.54 Å². The standard InChI is InChI=1S/C10H9NS2/c1-3-9(12-5-1)7-11-8-10-4-2-6-13-10/h1-7H,8H2/b11-7+. The Bertz CT molecular complexity index is 360. The molecule has 2 aromatic rings. The fourth-order valence-electron chi connectivity index (χ4n) is 0.993. The van der Waals surface area contributed by atoms with Crippen LogP contribution in [0.25, 0.3) is 0 Å². The fraction of sp³-hybridized carbons (Fsp3) is 0.100. The van der Waals surface area contributed by atoms with Crippen LogP contribution in [0.1, 0.15) is 9.75 Å². The molecule has 13 heavy (non-hydrogen) atoms. The fourth-order valence-corrected chi connectivity index (χ4v) is 2.24. The Kier molecular flexibility index (Phi) is 2.90. The number of rotatable bonds is 3. The first-order chi connectivity index (χ1) is 6.45. The van der Waals surface area contributed by atoms with Crippen molar-refractivity contribution >= 4 is 28.9 Å². The SMILES string of the molecule is C(=N\Cc1cccs1)/c1cccs1. The van der Waals surface area contributed by atoms with Gasteiger partial charge in [-0.1, -0.05) is 12.1 Å². The van der Waals surface area contributed by atoms with Gasteiger partial charge in [0, 0.05) is 16.0 Å². The highest BCUT2D eigenvalue weighted by atomic mass is 32.1. The molecular weight excluding hydrogens is 198 g/mol. The van der Waals surface area contributed by atoms with Crippen LogP contribution in [-0.2, 0) is 6.54 Å². The number of hydrogen-bond acceptors (Lipinski definition) is 3. The van der Waals surface area contributed by atoms with Crippen LogP contribution in [0.2, 0.25) is 0 Å². The van der Waals surface area contributed by atoms with E-state index < -0.39 is 0 Å². The van der Waals surface area contributed by atoms with Crippen LogP contribution in [0.4, 0.5) is 0 Å². The molecule has 2 aromatic heterocycles. The Morgan fingerprint density at radius 3 is 2.69 bits per heavy atom. The van der Waals surface area contributed by atoms with E-state index in [0.29, 0.717) is 0 Å². The highest BCUT2D eigenvalue weighted by molar-refractivity contribution is 7.11. The predicted molar refractivity (Wildman–Crippen MR) is 59.9 cm³/mol. The summed E-state index contributed by atoms with van der Waals surface area (Å²) in [6.07, 6.45) is 1.93. The van der Waals surface area contributed by atoms with E-state index in [-0.39, 0.29) is 0 Å². The van der Waals surface area contributed by atoms with Gasteiger partial charge in [0.25, 0.3) is 0 Å². The smallest absolute Gasteiger partial charge is 0.0733 e. The lowest BCUT2D eigenvalue weighted by molar-refractivity contribution is 1.11. The van der Waals surface area contributed by atoms with Gasteiger partial charge < -0.3 is 0 Å². The summed E-state index contributed by atoms with van der Waals surface area (Å²) in [7, 11) is 0. The van der Waals surface area contributed by atoms with Crippen LogP contribution in [0, 0.1) is 0 Å². The lowest BCUT2D eigenvalue weighted by Crippen LogP contribution is -1.76. The lowest BCUT2D eigenvalue weighted by Gasteiger charge is -1.87. The van der Waals surface area contributed by atoms with Crippen LogP contribution in [0.5, 0.6) is 0 Å². The minimum atomic E-state index is 0.801. The molecule has 0 spiro atoms. The summed E-state index contributed by atoms with van der Waals surface area (Å²) in [5.74, 6) is 0. The molecule has 66 valence electrons. The minimum absolute atomic E-state index is 0.801. The summed E-state index contributed by atoms with van der Waals surface area (Å²) in [6, 6.07) is 8.27. The van der Waals surface area contributed by atoms with Gasteiger partial charge in [-0.2, -0.15) is 0 Å². The van der Waals surface area contributed by atoms with Crippen LogP contribution >= 0.6 is 22.7 Å². The molecular formula is C10H9NS2. The van der Waals surface area contributed by atoms with Gasteiger partial charge in [0.2, 0.25) is 0 Å². The second-order valence-electron chi connectivity index (χ2n) is 2.56. The molecule has 0 aliphatic heterocycles. The van der Waals surface area contributed by atoms with E-state index in [2.05, 4.69) is 34.0 Å². The van der Waals surface area contributed by atoms with E-state index >= 15 is 0 Å². The Labute approximate surface area is 85.4 Å². The van der Waals surface area contributed by atoms with Crippen LogP contribution in [0.3, 0.4) is 0 Å². The molecule has 0 saturated heterocycles. The van der Waals surface area contributed by atoms with Gasteiger partial charge in [-0.25, -0.2) is 0 Å². The highest BCUT2D eigenvalue weighted by Crippen LogP contribution is 2.10. The van der Waals surface area contributed by atoms with Crippen molar-refractivity contribution in [3.05, 3.63) is 44.8 Å². The molecule has 0 aliphatic rings. The van der Waals surface area contributed by atoms with Crippen molar-refractivity contribution in [2.24, 2.45) is 4.99 Å². The Morgan fingerprint density at radius 2 is 2.00 bits per heavy atom. The molecule has 2 heterocycles. The molecule has 0 aromatic carbocycles. The minimum Gasteiger partial charge on any atom is -0.286 e. The molecule has 1 nitrogen and oxygen atoms in total. The van der Waals surface area contributed by atoms with Crippen molar-refractivity contribution in [1.29, 1.82) is 0 Å². The molecule has 0 atom stereocenters. The summed E-state index contributed by atoms with van der Waals surface area (Å²) in [4.78, 5) is 6.88. The monoisotopic (exact) mass is 207 g/mol. The zero-order chi connectivity index (χ0) is 8.93. The summed E-state index contributed by atoms with van der Waals surface area (Å²) in [6.45, 7) is 0.801. The number of aliphatic imine (C=N–C) groups is 1. The van der Waals surface area contributed by atoms with Crippen LogP contribution in [-0.4, -0.2) is 6.21 Å². The third-order valence-electron chi connectivity index (χ3n) is 1.59. The molecule has 0 saturated carbocycles. The molecule has 3 heteroatoms. The normalized spacial score (nSPS) is 11.1. The number of thiophene rings is 2. The zero-order valence-corrected chi connectivity index (χ0v) is 8.65. The molecule has 2 rings (SSSR count). The molecule has 0 amide bonds. The second-order valence-corrected chi connectivity index (χ2v) is 4.58. The van der Waals surface area contributed by atoms with Gasteiger partial charge in [0.15, 0.2) is 0 Å². The number of nitrogens with zero attached hydrogens (tertiary/aromatic N) is 1. The highest BCUT2D eigenvalue weighted by Gasteiger charge is 1.89. The van der Waals surface area contributed by atoms with E-state index in [1.54, 1.807) is 22.7 Å². The maximum atomic E-state index is 4.35. The van der Waals surface area contributed by atoms with Gasteiger partial charge in [0.1, 0.15) is 0 Å². The van der Waals surface area contributed by atoms with Gasteiger partial charge in [-0.15, -0.1) is 22.7 Å². The first kappa shape index (κ1) is 8.66. The average Bonchev–Trinajstić information content (AvgIpc) is 2.75. The zero-order valence-electron chi connectivity index (χ0n) is 7.01. The average molecular weight is 207 g/mol. The van der Waals surface area contributed by atoms with Crippen molar-refractivity contribution < 1.29 is 0 Å². The Balaban J connectivity index is 1.93. The van der Waals surface area contributed by atoms with Crippen LogP contribution < -0.4 is 0 Å². The van der Waals surface area contributed by atoms with Gasteiger partial charge in [-0.3, -0.25) is 4.99 Å². The second kappa shape index (κ2) is 4.35. The molecule has 0 N–H and O–H groups in total. The first-order valence-corrected chi connectivity index (χ1v) is 5.77. The maximum Gasteiger partial charge on any atom is 0.0733 e.